The van der Waals surface area contributed by atoms with Crippen LogP contribution in [0.15, 0.2) is 22.7 Å². The van der Waals surface area contributed by atoms with Gasteiger partial charge in [0.15, 0.2) is 0 Å². The lowest BCUT2D eigenvalue weighted by atomic mass is 10.2. The Balaban J connectivity index is 0.000000845. The molecule has 0 fully saturated rings. The molecule has 0 bridgehead atoms. The zero-order valence-electron chi connectivity index (χ0n) is 7.55. The van der Waals surface area contributed by atoms with E-state index in [-0.39, 0.29) is 24.8 Å². The molecular weight excluding hydrogens is 287 g/mol. The van der Waals surface area contributed by atoms with Gasteiger partial charge in [-0.25, -0.2) is 0 Å². The zero-order chi connectivity index (χ0) is 8.39. The minimum Gasteiger partial charge on any atom is -0.384 e. The van der Waals surface area contributed by atoms with Crippen molar-refractivity contribution in [3.8, 4) is 0 Å². The number of hydrogen-bond donors (Lipinski definition) is 2. The smallest absolute Gasteiger partial charge is 0.0387 e. The van der Waals surface area contributed by atoms with E-state index in [1.807, 2.05) is 0 Å². The molecule has 0 saturated heterocycles. The predicted octanol–water partition coefficient (Wildman–Crippen LogP) is 2.81. The van der Waals surface area contributed by atoms with Gasteiger partial charge in [0, 0.05) is 29.8 Å². The summed E-state index contributed by atoms with van der Waals surface area (Å²) in [7, 11) is 0. The summed E-state index contributed by atoms with van der Waals surface area (Å²) in [5.74, 6) is 0. The summed E-state index contributed by atoms with van der Waals surface area (Å²) in [6, 6.07) is 6.34. The first-order valence-corrected chi connectivity index (χ1v) is 4.88. The van der Waals surface area contributed by atoms with E-state index in [0.29, 0.717) is 0 Å². The monoisotopic (exact) mass is 298 g/mol. The Hall–Kier alpha value is 0.0400. The molecule has 2 nitrogen and oxygen atoms in total. The second kappa shape index (κ2) is 6.51. The average Bonchev–Trinajstić information content (AvgIpc) is 2.28. The van der Waals surface area contributed by atoms with Gasteiger partial charge >= 0.3 is 0 Å². The van der Waals surface area contributed by atoms with Crippen LogP contribution in [0, 0.1) is 0 Å². The van der Waals surface area contributed by atoms with Crippen molar-refractivity contribution in [3.63, 3.8) is 0 Å². The highest BCUT2D eigenvalue weighted by atomic mass is 79.9. The van der Waals surface area contributed by atoms with Gasteiger partial charge in [0.1, 0.15) is 0 Å². The maximum Gasteiger partial charge on any atom is 0.0387 e. The molecule has 5 heteroatoms. The number of benzene rings is 1. The molecule has 1 heterocycles. The number of halogens is 3. The van der Waals surface area contributed by atoms with Crippen molar-refractivity contribution < 1.29 is 0 Å². The van der Waals surface area contributed by atoms with E-state index in [1.165, 1.54) is 11.3 Å². The predicted molar refractivity (Wildman–Crippen MR) is 68.8 cm³/mol. The van der Waals surface area contributed by atoms with E-state index in [4.69, 9.17) is 0 Å². The molecule has 2 N–H and O–H groups in total. The molecule has 0 saturated carbocycles. The summed E-state index contributed by atoms with van der Waals surface area (Å²) in [6.45, 7) is 3.00. The average molecular weight is 300 g/mol. The summed E-state index contributed by atoms with van der Waals surface area (Å²) in [6.07, 6.45) is 0. The van der Waals surface area contributed by atoms with E-state index in [0.717, 1.165) is 24.1 Å². The third kappa shape index (κ3) is 3.31. The first-order chi connectivity index (χ1) is 5.86. The Morgan fingerprint density at radius 2 is 1.93 bits per heavy atom. The summed E-state index contributed by atoms with van der Waals surface area (Å²) in [4.78, 5) is 0. The van der Waals surface area contributed by atoms with Crippen LogP contribution in [-0.2, 0) is 6.54 Å². The van der Waals surface area contributed by atoms with Gasteiger partial charge in [-0.2, -0.15) is 0 Å². The molecule has 0 aromatic heterocycles. The molecule has 1 aliphatic rings. The zero-order valence-corrected chi connectivity index (χ0v) is 10.8. The Morgan fingerprint density at radius 3 is 2.71 bits per heavy atom. The standard InChI is InChI=1S/C9H11BrN2.2ClH/c10-8-1-2-9-7(5-8)6-11-3-4-12-9;;/h1-2,5,11-12H,3-4,6H2;2*1H. The summed E-state index contributed by atoms with van der Waals surface area (Å²) < 4.78 is 1.15. The molecule has 14 heavy (non-hydrogen) atoms. The minimum absolute atomic E-state index is 0. The van der Waals surface area contributed by atoms with Crippen molar-refractivity contribution in [2.45, 2.75) is 6.54 Å². The van der Waals surface area contributed by atoms with Crippen LogP contribution in [0.5, 0.6) is 0 Å². The minimum atomic E-state index is 0. The van der Waals surface area contributed by atoms with E-state index in [1.54, 1.807) is 0 Å². The van der Waals surface area contributed by atoms with Gasteiger partial charge in [-0.05, 0) is 23.8 Å². The fraction of sp³-hybridized carbons (Fsp3) is 0.333. The third-order valence-electron chi connectivity index (χ3n) is 2.00. The van der Waals surface area contributed by atoms with Crippen LogP contribution in [0.2, 0.25) is 0 Å². The van der Waals surface area contributed by atoms with E-state index in [2.05, 4.69) is 44.8 Å². The van der Waals surface area contributed by atoms with Gasteiger partial charge in [-0.1, -0.05) is 15.9 Å². The maximum absolute atomic E-state index is 3.46. The molecule has 0 atom stereocenters. The molecule has 80 valence electrons. The number of fused-ring (bicyclic) bond motifs is 1. The second-order valence-corrected chi connectivity index (χ2v) is 3.82. The molecule has 0 unspecified atom stereocenters. The van der Waals surface area contributed by atoms with Gasteiger partial charge in [-0.15, -0.1) is 24.8 Å². The van der Waals surface area contributed by atoms with E-state index >= 15 is 0 Å². The molecule has 1 aliphatic heterocycles. The molecule has 1 aromatic carbocycles. The molecule has 0 radical (unpaired) electrons. The summed E-state index contributed by atoms with van der Waals surface area (Å²) in [5.41, 5.74) is 2.59. The Kier molecular flexibility index (Phi) is 6.53. The Bertz CT molecular complexity index is 294. The van der Waals surface area contributed by atoms with Crippen molar-refractivity contribution in [2.75, 3.05) is 18.4 Å². The molecule has 0 spiro atoms. The molecule has 0 aliphatic carbocycles. The fourth-order valence-corrected chi connectivity index (χ4v) is 1.80. The van der Waals surface area contributed by atoms with E-state index < -0.39 is 0 Å². The van der Waals surface area contributed by atoms with Gasteiger partial charge in [-0.3, -0.25) is 0 Å². The van der Waals surface area contributed by atoms with Crippen molar-refractivity contribution in [1.29, 1.82) is 0 Å². The van der Waals surface area contributed by atoms with Crippen LogP contribution in [-0.4, -0.2) is 13.1 Å². The largest absolute Gasteiger partial charge is 0.384 e. The topological polar surface area (TPSA) is 24.1 Å². The van der Waals surface area contributed by atoms with Crippen LogP contribution < -0.4 is 10.6 Å². The van der Waals surface area contributed by atoms with Crippen LogP contribution in [0.4, 0.5) is 5.69 Å². The second-order valence-electron chi connectivity index (χ2n) is 2.91. The summed E-state index contributed by atoms with van der Waals surface area (Å²) in [5, 5.41) is 6.72. The maximum atomic E-state index is 3.46. The number of rotatable bonds is 0. The molecule has 0 amide bonds. The number of hydrogen-bond acceptors (Lipinski definition) is 2. The quantitative estimate of drug-likeness (QED) is 0.770. The van der Waals surface area contributed by atoms with Crippen molar-refractivity contribution in [3.05, 3.63) is 28.2 Å². The normalized spacial score (nSPS) is 13.8. The lowest BCUT2D eigenvalue weighted by Crippen LogP contribution is -2.16. The molecular formula is C9H13BrCl2N2. The van der Waals surface area contributed by atoms with E-state index in [9.17, 15) is 0 Å². The third-order valence-corrected chi connectivity index (χ3v) is 2.49. The van der Waals surface area contributed by atoms with Gasteiger partial charge in [0.2, 0.25) is 0 Å². The van der Waals surface area contributed by atoms with Crippen molar-refractivity contribution in [2.24, 2.45) is 0 Å². The van der Waals surface area contributed by atoms with Gasteiger partial charge in [0.25, 0.3) is 0 Å². The Morgan fingerprint density at radius 1 is 1.14 bits per heavy atom. The van der Waals surface area contributed by atoms with Crippen molar-refractivity contribution in [1.82, 2.24) is 5.32 Å². The van der Waals surface area contributed by atoms with Gasteiger partial charge < -0.3 is 10.6 Å². The van der Waals surface area contributed by atoms with Crippen molar-refractivity contribution >= 4 is 46.4 Å². The van der Waals surface area contributed by atoms with Gasteiger partial charge in [0.05, 0.1) is 0 Å². The number of anilines is 1. The van der Waals surface area contributed by atoms with Crippen LogP contribution in [0.1, 0.15) is 5.56 Å². The highest BCUT2D eigenvalue weighted by Crippen LogP contribution is 2.21. The first kappa shape index (κ1) is 14.0. The lowest BCUT2D eigenvalue weighted by Gasteiger charge is -2.06. The first-order valence-electron chi connectivity index (χ1n) is 4.09. The fourth-order valence-electron chi connectivity index (χ4n) is 1.39. The molecule has 1 aromatic rings. The SMILES string of the molecule is Brc1ccc2c(c1)CNCCN2.Cl.Cl. The lowest BCUT2D eigenvalue weighted by molar-refractivity contribution is 0.725. The highest BCUT2D eigenvalue weighted by molar-refractivity contribution is 9.10. The van der Waals surface area contributed by atoms with Crippen LogP contribution in [0.3, 0.4) is 0 Å². The molecule has 2 rings (SSSR count). The van der Waals surface area contributed by atoms with Crippen LogP contribution >= 0.6 is 40.7 Å². The summed E-state index contributed by atoms with van der Waals surface area (Å²) >= 11 is 3.46. The number of nitrogens with one attached hydrogen (secondary N) is 2. The Labute approximate surface area is 105 Å². The highest BCUT2D eigenvalue weighted by Gasteiger charge is 2.05. The van der Waals surface area contributed by atoms with Crippen LogP contribution in [0.25, 0.3) is 0 Å².